The van der Waals surface area contributed by atoms with Crippen molar-refractivity contribution in [2.45, 2.75) is 26.7 Å². The van der Waals surface area contributed by atoms with Gasteiger partial charge in [0.1, 0.15) is 0 Å². The number of hydrogen-bond acceptors (Lipinski definition) is 0. The van der Waals surface area contributed by atoms with Crippen molar-refractivity contribution in [3.05, 3.63) is 69.7 Å². The molecule has 0 saturated heterocycles. The zero-order valence-electron chi connectivity index (χ0n) is 10.5. The van der Waals surface area contributed by atoms with E-state index in [1.807, 2.05) is 6.07 Å². The molecule has 2 rings (SSSR count). The fraction of sp³-hybridized carbons (Fsp3) is 0.250. The average molecular weight is 245 g/mol. The van der Waals surface area contributed by atoms with Crippen LogP contribution in [-0.4, -0.2) is 0 Å². The lowest BCUT2D eigenvalue weighted by atomic mass is 9.92. The van der Waals surface area contributed by atoms with Crippen molar-refractivity contribution in [2.24, 2.45) is 0 Å². The summed E-state index contributed by atoms with van der Waals surface area (Å²) >= 11 is 6.31. The van der Waals surface area contributed by atoms with E-state index in [0.717, 1.165) is 5.02 Å². The van der Waals surface area contributed by atoms with Gasteiger partial charge in [-0.05, 0) is 36.6 Å². The maximum Gasteiger partial charge on any atom is 0.0446 e. The molecule has 17 heavy (non-hydrogen) atoms. The van der Waals surface area contributed by atoms with Crippen LogP contribution < -0.4 is 0 Å². The summed E-state index contributed by atoms with van der Waals surface area (Å²) in [6.45, 7) is 6.38. The lowest BCUT2D eigenvalue weighted by Crippen LogP contribution is -1.97. The second-order valence-electron chi connectivity index (χ2n) is 4.66. The van der Waals surface area contributed by atoms with Gasteiger partial charge < -0.3 is 0 Å². The van der Waals surface area contributed by atoms with Crippen LogP contribution in [-0.2, 0) is 0 Å². The Hall–Kier alpha value is -1.27. The first-order chi connectivity index (χ1) is 8.08. The van der Waals surface area contributed by atoms with Crippen molar-refractivity contribution in [3.8, 4) is 0 Å². The molecule has 2 aromatic rings. The Balaban J connectivity index is 2.40. The maximum absolute atomic E-state index is 6.31. The lowest BCUT2D eigenvalue weighted by molar-refractivity contribution is 0.919. The van der Waals surface area contributed by atoms with Crippen LogP contribution in [0.1, 0.15) is 35.1 Å². The van der Waals surface area contributed by atoms with E-state index in [-0.39, 0.29) is 0 Å². The summed E-state index contributed by atoms with van der Waals surface area (Å²) < 4.78 is 0. The molecule has 0 aliphatic heterocycles. The van der Waals surface area contributed by atoms with Gasteiger partial charge in [0.2, 0.25) is 0 Å². The van der Waals surface area contributed by atoms with Gasteiger partial charge in [0.15, 0.2) is 0 Å². The zero-order chi connectivity index (χ0) is 12.4. The molecule has 2 aromatic carbocycles. The van der Waals surface area contributed by atoms with Crippen molar-refractivity contribution < 1.29 is 0 Å². The minimum atomic E-state index is 0.336. The van der Waals surface area contributed by atoms with Gasteiger partial charge in [0.05, 0.1) is 0 Å². The van der Waals surface area contributed by atoms with Crippen LogP contribution in [0.25, 0.3) is 0 Å². The monoisotopic (exact) mass is 244 g/mol. The Labute approximate surface area is 108 Å². The number of halogens is 1. The molecule has 0 N–H and O–H groups in total. The third kappa shape index (κ3) is 2.70. The van der Waals surface area contributed by atoms with Gasteiger partial charge in [0.25, 0.3) is 0 Å². The quantitative estimate of drug-likeness (QED) is 0.689. The predicted molar refractivity (Wildman–Crippen MR) is 74.9 cm³/mol. The SMILES string of the molecule is Cc1cccc(C(C)c2ccc(C)cc2Cl)c1. The van der Waals surface area contributed by atoms with Crippen LogP contribution in [0, 0.1) is 13.8 Å². The average Bonchev–Trinajstić information content (AvgIpc) is 2.28. The molecular formula is C16H17Cl. The van der Waals surface area contributed by atoms with Crippen molar-refractivity contribution in [1.29, 1.82) is 0 Å². The van der Waals surface area contributed by atoms with Crippen LogP contribution in [0.2, 0.25) is 5.02 Å². The highest BCUT2D eigenvalue weighted by molar-refractivity contribution is 6.31. The van der Waals surface area contributed by atoms with Crippen LogP contribution >= 0.6 is 11.6 Å². The van der Waals surface area contributed by atoms with Gasteiger partial charge in [-0.2, -0.15) is 0 Å². The predicted octanol–water partition coefficient (Wildman–Crippen LogP) is 5.11. The standard InChI is InChI=1S/C16H17Cl/c1-11-5-4-6-14(9-11)13(3)15-8-7-12(2)10-16(15)17/h4-10,13H,1-3H3. The van der Waals surface area contributed by atoms with Gasteiger partial charge in [-0.1, -0.05) is 60.5 Å². The molecule has 0 amide bonds. The molecule has 0 aromatic heterocycles. The van der Waals surface area contributed by atoms with E-state index < -0.39 is 0 Å². The molecule has 0 aliphatic rings. The minimum Gasteiger partial charge on any atom is -0.0840 e. The first-order valence-corrected chi connectivity index (χ1v) is 6.28. The third-order valence-corrected chi connectivity index (χ3v) is 3.49. The van der Waals surface area contributed by atoms with Crippen LogP contribution in [0.3, 0.4) is 0 Å². The summed E-state index contributed by atoms with van der Waals surface area (Å²) in [5, 5.41) is 0.860. The van der Waals surface area contributed by atoms with Crippen molar-refractivity contribution in [2.75, 3.05) is 0 Å². The Morgan fingerprint density at radius 1 is 0.941 bits per heavy atom. The molecule has 1 unspecified atom stereocenters. The Morgan fingerprint density at radius 2 is 1.65 bits per heavy atom. The summed E-state index contributed by atoms with van der Waals surface area (Å²) in [6, 6.07) is 14.9. The van der Waals surface area contributed by atoms with Crippen molar-refractivity contribution >= 4 is 11.6 Å². The molecule has 0 spiro atoms. The smallest absolute Gasteiger partial charge is 0.0446 e. The number of benzene rings is 2. The van der Waals surface area contributed by atoms with Gasteiger partial charge in [0, 0.05) is 10.9 Å². The lowest BCUT2D eigenvalue weighted by Gasteiger charge is -2.15. The highest BCUT2D eigenvalue weighted by Gasteiger charge is 2.11. The summed E-state index contributed by atoms with van der Waals surface area (Å²) in [6.07, 6.45) is 0. The molecule has 1 atom stereocenters. The number of rotatable bonds is 2. The topological polar surface area (TPSA) is 0 Å². The van der Waals surface area contributed by atoms with Crippen molar-refractivity contribution in [1.82, 2.24) is 0 Å². The summed E-state index contributed by atoms with van der Waals surface area (Å²) in [4.78, 5) is 0. The number of hydrogen-bond donors (Lipinski definition) is 0. The van der Waals surface area contributed by atoms with Crippen molar-refractivity contribution in [3.63, 3.8) is 0 Å². The van der Waals surface area contributed by atoms with Crippen LogP contribution in [0.15, 0.2) is 42.5 Å². The molecule has 0 fully saturated rings. The molecule has 0 bridgehead atoms. The fourth-order valence-electron chi connectivity index (χ4n) is 2.10. The van der Waals surface area contributed by atoms with E-state index in [0.29, 0.717) is 5.92 Å². The van der Waals surface area contributed by atoms with Gasteiger partial charge in [-0.3, -0.25) is 0 Å². The van der Waals surface area contributed by atoms with E-state index in [4.69, 9.17) is 11.6 Å². The molecule has 0 nitrogen and oxygen atoms in total. The molecule has 88 valence electrons. The second-order valence-corrected chi connectivity index (χ2v) is 5.07. The fourth-order valence-corrected chi connectivity index (χ4v) is 2.50. The first kappa shape index (κ1) is 12.2. The summed E-state index contributed by atoms with van der Waals surface area (Å²) in [5.74, 6) is 0.336. The molecular weight excluding hydrogens is 228 g/mol. The Morgan fingerprint density at radius 3 is 2.29 bits per heavy atom. The molecule has 0 saturated carbocycles. The molecule has 1 heteroatoms. The van der Waals surface area contributed by atoms with E-state index in [1.54, 1.807) is 0 Å². The summed E-state index contributed by atoms with van der Waals surface area (Å²) in [5.41, 5.74) is 5.01. The summed E-state index contributed by atoms with van der Waals surface area (Å²) in [7, 11) is 0. The highest BCUT2D eigenvalue weighted by atomic mass is 35.5. The van der Waals surface area contributed by atoms with E-state index in [2.05, 4.69) is 57.2 Å². The minimum absolute atomic E-state index is 0.336. The molecule has 0 heterocycles. The Bertz CT molecular complexity index is 529. The van der Waals surface area contributed by atoms with Crippen LogP contribution in [0.4, 0.5) is 0 Å². The molecule has 0 aliphatic carbocycles. The second kappa shape index (κ2) is 4.93. The van der Waals surface area contributed by atoms with E-state index in [9.17, 15) is 0 Å². The molecule has 0 radical (unpaired) electrons. The zero-order valence-corrected chi connectivity index (χ0v) is 11.3. The van der Waals surface area contributed by atoms with E-state index in [1.165, 1.54) is 22.3 Å². The van der Waals surface area contributed by atoms with Gasteiger partial charge >= 0.3 is 0 Å². The highest BCUT2D eigenvalue weighted by Crippen LogP contribution is 2.30. The largest absolute Gasteiger partial charge is 0.0840 e. The van der Waals surface area contributed by atoms with E-state index >= 15 is 0 Å². The first-order valence-electron chi connectivity index (χ1n) is 5.90. The normalized spacial score (nSPS) is 12.5. The van der Waals surface area contributed by atoms with Gasteiger partial charge in [-0.15, -0.1) is 0 Å². The third-order valence-electron chi connectivity index (χ3n) is 3.16. The number of aryl methyl sites for hydroxylation is 2. The van der Waals surface area contributed by atoms with Gasteiger partial charge in [-0.25, -0.2) is 0 Å². The maximum atomic E-state index is 6.31. The van der Waals surface area contributed by atoms with Crippen LogP contribution in [0.5, 0.6) is 0 Å². The Kier molecular flexibility index (Phi) is 3.54.